The van der Waals surface area contributed by atoms with Gasteiger partial charge in [0.2, 0.25) is 5.91 Å². The molecule has 12 nitrogen and oxygen atoms in total. The summed E-state index contributed by atoms with van der Waals surface area (Å²) in [6.07, 6.45) is 6.01. The van der Waals surface area contributed by atoms with E-state index in [2.05, 4.69) is 24.1 Å². The number of amides is 1. The highest BCUT2D eigenvalue weighted by atomic mass is 16.5. The number of fused-ring (bicyclic) bond motifs is 3. The number of rotatable bonds is 6. The minimum Gasteiger partial charge on any atom is -0.396 e. The number of Topliss-reactive ketones (excluding diaryl/α,β-unsaturated/α-hetero) is 1. The van der Waals surface area contributed by atoms with Gasteiger partial charge in [0.05, 0.1) is 40.9 Å². The van der Waals surface area contributed by atoms with Crippen LogP contribution in [0.2, 0.25) is 0 Å². The Morgan fingerprint density at radius 3 is 2.62 bits per heavy atom. The highest BCUT2D eigenvalue weighted by Gasteiger charge is 2.78. The fraction of sp³-hybridized carbons (Fsp3) is 0.818. The molecule has 3 saturated carbocycles. The van der Waals surface area contributed by atoms with E-state index in [1.807, 2.05) is 13.0 Å². The first-order chi connectivity index (χ1) is 26.6. The van der Waals surface area contributed by atoms with Crippen molar-refractivity contribution < 1.29 is 49.3 Å². The minimum atomic E-state index is -1.79. The number of aliphatic hydroxyl groups excluding tert-OH is 2. The Morgan fingerprint density at radius 1 is 1.05 bits per heavy atom. The third-order valence-electron chi connectivity index (χ3n) is 17.8. The highest BCUT2D eigenvalue weighted by Crippen LogP contribution is 2.77. The Morgan fingerprint density at radius 2 is 1.86 bits per heavy atom. The van der Waals surface area contributed by atoms with Crippen molar-refractivity contribution in [1.29, 1.82) is 0 Å². The molecule has 0 radical (unpaired) electrons. The summed E-state index contributed by atoms with van der Waals surface area (Å²) >= 11 is 0. The van der Waals surface area contributed by atoms with E-state index in [9.17, 15) is 30.3 Å². The Balaban J connectivity index is 1.10. The summed E-state index contributed by atoms with van der Waals surface area (Å²) in [5.41, 5.74) is -5.79. The van der Waals surface area contributed by atoms with Gasteiger partial charge in [-0.1, -0.05) is 25.8 Å². The molecular weight excluding hydrogens is 716 g/mol. The van der Waals surface area contributed by atoms with Gasteiger partial charge in [-0.05, 0) is 99.2 Å². The monoisotopic (exact) mass is 776 g/mol. The van der Waals surface area contributed by atoms with Crippen LogP contribution in [0.1, 0.15) is 85.0 Å². The van der Waals surface area contributed by atoms with Crippen molar-refractivity contribution in [3.63, 3.8) is 0 Å². The summed E-state index contributed by atoms with van der Waals surface area (Å²) in [5, 5.41) is 65.1. The van der Waals surface area contributed by atoms with Gasteiger partial charge in [0.15, 0.2) is 11.5 Å². The average molecular weight is 777 g/mol. The van der Waals surface area contributed by atoms with Gasteiger partial charge in [-0.15, -0.1) is 5.92 Å². The quantitative estimate of drug-likeness (QED) is 0.100. The third kappa shape index (κ3) is 4.64. The molecule has 0 aromatic rings. The van der Waals surface area contributed by atoms with Crippen LogP contribution in [0.5, 0.6) is 0 Å². The number of hydrogen-bond donors (Lipinski definition) is 6. The van der Waals surface area contributed by atoms with Gasteiger partial charge in [0.25, 0.3) is 0 Å². The van der Waals surface area contributed by atoms with Gasteiger partial charge in [-0.3, -0.25) is 14.9 Å². The molecule has 6 N–H and O–H groups in total. The van der Waals surface area contributed by atoms with Crippen molar-refractivity contribution >= 4 is 11.7 Å². The maximum absolute atomic E-state index is 15.0. The predicted octanol–water partition coefficient (Wildman–Crippen LogP) is 1.61. The van der Waals surface area contributed by atoms with E-state index in [4.69, 9.17) is 14.2 Å². The van der Waals surface area contributed by atoms with Gasteiger partial charge in [0, 0.05) is 69.0 Å². The first kappa shape index (κ1) is 38.0. The minimum absolute atomic E-state index is 0.0570. The van der Waals surface area contributed by atoms with E-state index >= 15 is 4.79 Å². The predicted molar refractivity (Wildman–Crippen MR) is 201 cm³/mol. The Hall–Kier alpha value is -2.18. The molecule has 12 heteroatoms. The second kappa shape index (κ2) is 12.4. The van der Waals surface area contributed by atoms with E-state index in [0.29, 0.717) is 76.7 Å². The molecule has 11 rings (SSSR count). The molecule has 1 amide bonds. The summed E-state index contributed by atoms with van der Waals surface area (Å²) in [7, 11) is 1.68. The molecule has 5 aliphatic heterocycles. The fourth-order valence-corrected chi connectivity index (χ4v) is 14.8. The zero-order valence-corrected chi connectivity index (χ0v) is 33.2. The molecule has 18 atom stereocenters. The number of piperidine rings is 1. The van der Waals surface area contributed by atoms with E-state index < -0.39 is 81.2 Å². The average Bonchev–Trinajstić information content (AvgIpc) is 3.75. The van der Waals surface area contributed by atoms with E-state index in [0.717, 1.165) is 18.4 Å². The number of nitrogens with zero attached hydrogens (tertiary/aromatic N) is 1. The Kier molecular flexibility index (Phi) is 8.45. The number of nitrogens with one attached hydrogen (secondary N) is 1. The van der Waals surface area contributed by atoms with Crippen LogP contribution < -0.4 is 5.32 Å². The molecule has 0 spiro atoms. The molecule has 5 heterocycles. The maximum atomic E-state index is 15.0. The van der Waals surface area contributed by atoms with Crippen molar-refractivity contribution in [2.24, 2.45) is 51.8 Å². The summed E-state index contributed by atoms with van der Waals surface area (Å²) < 4.78 is 18.1. The van der Waals surface area contributed by atoms with Crippen LogP contribution in [-0.2, 0) is 23.8 Å². The lowest BCUT2D eigenvalue weighted by atomic mass is 9.37. The fourth-order valence-electron chi connectivity index (χ4n) is 14.8. The molecule has 0 aromatic carbocycles. The Bertz CT molecular complexity index is 1840. The largest absolute Gasteiger partial charge is 0.396 e. The summed E-state index contributed by atoms with van der Waals surface area (Å²) in [4.78, 5) is 31.0. The smallest absolute Gasteiger partial charge is 0.240 e. The molecule has 6 aliphatic carbocycles. The van der Waals surface area contributed by atoms with E-state index in [1.54, 1.807) is 25.0 Å². The number of hydrogen-bond acceptors (Lipinski definition) is 11. The zero-order valence-electron chi connectivity index (χ0n) is 33.2. The van der Waals surface area contributed by atoms with Gasteiger partial charge >= 0.3 is 0 Å². The molecule has 18 unspecified atom stereocenters. The van der Waals surface area contributed by atoms with Crippen molar-refractivity contribution in [3.8, 4) is 11.8 Å². The SMILES string of the molecule is COCCCOC1CCC2(C)C(C1)C(=O)C1=C3C24C#CCC2CN2C(=O)C2NC5(O)C=CC2C2C(CO)C(OC25)C(O)C(C)(O)C2CC(CC1)C3(O)C2(C)CC4. The highest BCUT2D eigenvalue weighted by molar-refractivity contribution is 6.01. The second-order valence-corrected chi connectivity index (χ2v) is 20.1. The topological polar surface area (TPSA) is 178 Å². The standard InChI is InChI=1S/C44H60N2O10/c1-39-13-10-25(55-18-6-17-54-4)20-29(39)33(48)27-9-8-23-19-30-40(2)15-16-42(39,35(27)44(23,40)53)12-5-7-24-21-46(24)38(50)32-26-11-14-43(52,45-32)37-31(26)28(22-47)34(56-37)36(49)41(30,3)51/h11,14,23-26,28-32,34,36-37,45,47,49,51-53H,6-10,13,15-22H2,1-4H3. The number of carbonyl (C=O) groups is 2. The van der Waals surface area contributed by atoms with Gasteiger partial charge < -0.3 is 44.6 Å². The molecule has 11 aliphatic rings. The third-order valence-corrected chi connectivity index (χ3v) is 17.8. The van der Waals surface area contributed by atoms with Crippen LogP contribution in [0.25, 0.3) is 0 Å². The molecule has 6 fully saturated rings. The number of aliphatic hydroxyl groups is 5. The number of allylic oxidation sites excluding steroid dienone is 1. The number of ether oxygens (including phenoxy) is 3. The van der Waals surface area contributed by atoms with Crippen LogP contribution in [0.4, 0.5) is 0 Å². The maximum Gasteiger partial charge on any atom is 0.240 e. The molecule has 3 saturated heterocycles. The van der Waals surface area contributed by atoms with Crippen molar-refractivity contribution in [1.82, 2.24) is 10.2 Å². The summed E-state index contributed by atoms with van der Waals surface area (Å²) in [6, 6.07) is -0.857. The van der Waals surface area contributed by atoms with Gasteiger partial charge in [0.1, 0.15) is 12.2 Å². The first-order valence-corrected chi connectivity index (χ1v) is 21.4. The summed E-state index contributed by atoms with van der Waals surface area (Å²) in [6.45, 7) is 7.24. The number of carbonyl (C=O) groups excluding carboxylic acids is 2. The van der Waals surface area contributed by atoms with E-state index in [1.165, 1.54) is 0 Å². The number of methoxy groups -OCH3 is 1. The van der Waals surface area contributed by atoms with Crippen LogP contribution in [-0.4, -0.2) is 129 Å². The zero-order chi connectivity index (χ0) is 39.4. The lowest BCUT2D eigenvalue weighted by Crippen LogP contribution is -2.71. The van der Waals surface area contributed by atoms with E-state index in [-0.39, 0.29) is 42.3 Å². The van der Waals surface area contributed by atoms with Crippen LogP contribution in [0, 0.1) is 63.6 Å². The van der Waals surface area contributed by atoms with Crippen LogP contribution in [0.15, 0.2) is 23.3 Å². The van der Waals surface area contributed by atoms with Gasteiger partial charge in [-0.2, -0.15) is 0 Å². The normalized spacial score (nSPS) is 54.8. The number of ketones is 1. The lowest BCUT2D eigenvalue weighted by molar-refractivity contribution is -0.214. The molecule has 306 valence electrons. The van der Waals surface area contributed by atoms with Crippen molar-refractivity contribution in [3.05, 3.63) is 23.3 Å². The van der Waals surface area contributed by atoms with Gasteiger partial charge in [-0.25, -0.2) is 0 Å². The molecule has 9 bridgehead atoms. The molecular formula is C44H60N2O10. The molecule has 0 aromatic heterocycles. The van der Waals surface area contributed by atoms with Crippen LogP contribution >= 0.6 is 0 Å². The second-order valence-electron chi connectivity index (χ2n) is 20.1. The van der Waals surface area contributed by atoms with Crippen molar-refractivity contribution in [2.45, 2.75) is 138 Å². The van der Waals surface area contributed by atoms with Crippen LogP contribution in [0.3, 0.4) is 0 Å². The first-order valence-electron chi connectivity index (χ1n) is 21.4. The van der Waals surface area contributed by atoms with Crippen molar-refractivity contribution in [2.75, 3.05) is 33.5 Å². The Labute approximate surface area is 329 Å². The molecule has 56 heavy (non-hydrogen) atoms. The lowest BCUT2D eigenvalue weighted by Gasteiger charge is -2.67. The summed E-state index contributed by atoms with van der Waals surface area (Å²) in [5.74, 6) is 4.62.